The van der Waals surface area contributed by atoms with Gasteiger partial charge >= 0.3 is 0 Å². The number of ether oxygens (including phenoxy) is 2. The topological polar surface area (TPSA) is 35.5 Å². The molecule has 1 aromatic carbocycles. The van der Waals surface area contributed by atoms with Crippen LogP contribution in [-0.2, 0) is 22.6 Å². The summed E-state index contributed by atoms with van der Waals surface area (Å²) in [6.07, 6.45) is 8.12. The standard InChI is InChI=1S/C22H33ClO2.CH2O/c1-6-8-21(5)9-10-22(7-2,15-21)24-14-17-12-18(23)11-16-13-20(3,4)25-19(16)17;1-2/h11-12H,6-10,13-15H2,1-5H3;1H2. The highest BCUT2D eigenvalue weighted by Gasteiger charge is 2.45. The molecule has 0 bridgehead atoms. The summed E-state index contributed by atoms with van der Waals surface area (Å²) >= 11 is 6.36. The highest BCUT2D eigenvalue weighted by atomic mass is 35.5. The van der Waals surface area contributed by atoms with Crippen LogP contribution in [0, 0.1) is 5.41 Å². The molecule has 0 saturated heterocycles. The Hall–Kier alpha value is -1.06. The number of fused-ring (bicyclic) bond motifs is 1. The molecule has 2 aliphatic rings. The van der Waals surface area contributed by atoms with Crippen LogP contribution in [0.3, 0.4) is 0 Å². The first kappa shape index (κ1) is 22.2. The molecule has 0 N–H and O–H groups in total. The molecule has 0 amide bonds. The molecule has 1 aromatic rings. The summed E-state index contributed by atoms with van der Waals surface area (Å²) in [4.78, 5) is 8.00. The molecule has 1 aliphatic heterocycles. The molecule has 1 heterocycles. The average Bonchev–Trinajstić information content (AvgIpc) is 3.11. The fourth-order valence-electron chi connectivity index (χ4n) is 4.91. The van der Waals surface area contributed by atoms with Gasteiger partial charge in [0.25, 0.3) is 0 Å². The van der Waals surface area contributed by atoms with E-state index in [2.05, 4.69) is 34.6 Å². The van der Waals surface area contributed by atoms with Crippen LogP contribution in [0.5, 0.6) is 5.75 Å². The first-order chi connectivity index (χ1) is 12.7. The van der Waals surface area contributed by atoms with E-state index in [0.29, 0.717) is 12.0 Å². The first-order valence-corrected chi connectivity index (χ1v) is 10.5. The second kappa shape index (κ2) is 8.53. The lowest BCUT2D eigenvalue weighted by Crippen LogP contribution is -2.30. The Morgan fingerprint density at radius 2 is 1.89 bits per heavy atom. The van der Waals surface area contributed by atoms with Gasteiger partial charge in [0.15, 0.2) is 0 Å². The molecule has 27 heavy (non-hydrogen) atoms. The van der Waals surface area contributed by atoms with Crippen molar-refractivity contribution in [2.45, 2.75) is 97.4 Å². The number of benzene rings is 1. The number of hydrogen-bond donors (Lipinski definition) is 0. The van der Waals surface area contributed by atoms with Gasteiger partial charge in [-0.25, -0.2) is 0 Å². The van der Waals surface area contributed by atoms with Gasteiger partial charge in [-0.15, -0.1) is 0 Å². The van der Waals surface area contributed by atoms with Gasteiger partial charge in [0.05, 0.1) is 12.2 Å². The van der Waals surface area contributed by atoms with Crippen LogP contribution >= 0.6 is 11.6 Å². The quantitative estimate of drug-likeness (QED) is 0.550. The molecular formula is C23H35ClO3. The Labute approximate surface area is 169 Å². The number of rotatable bonds is 6. The third-order valence-corrected chi connectivity index (χ3v) is 6.39. The zero-order valence-corrected chi connectivity index (χ0v) is 18.4. The largest absolute Gasteiger partial charge is 0.487 e. The van der Waals surface area contributed by atoms with E-state index in [9.17, 15) is 0 Å². The maximum Gasteiger partial charge on any atom is 0.129 e. The van der Waals surface area contributed by atoms with E-state index in [1.807, 2.05) is 18.9 Å². The molecule has 3 nitrogen and oxygen atoms in total. The molecule has 4 heteroatoms. The average molecular weight is 395 g/mol. The molecule has 1 fully saturated rings. The van der Waals surface area contributed by atoms with Crippen molar-refractivity contribution in [1.29, 1.82) is 0 Å². The summed E-state index contributed by atoms with van der Waals surface area (Å²) in [6.45, 7) is 13.8. The van der Waals surface area contributed by atoms with E-state index >= 15 is 0 Å². The minimum atomic E-state index is -0.155. The SMILES string of the molecule is C=O.CCCC1(C)CCC(CC)(OCc2cc(Cl)cc3c2OC(C)(C)C3)C1. The van der Waals surface area contributed by atoms with Gasteiger partial charge in [0, 0.05) is 17.0 Å². The molecular weight excluding hydrogens is 360 g/mol. The van der Waals surface area contributed by atoms with Crippen LogP contribution in [0.15, 0.2) is 12.1 Å². The van der Waals surface area contributed by atoms with Gasteiger partial charge in [-0.1, -0.05) is 38.8 Å². The molecule has 0 spiro atoms. The highest BCUT2D eigenvalue weighted by molar-refractivity contribution is 6.30. The van der Waals surface area contributed by atoms with E-state index in [1.165, 1.54) is 31.2 Å². The van der Waals surface area contributed by atoms with Crippen LogP contribution in [0.4, 0.5) is 0 Å². The minimum absolute atomic E-state index is 0.00719. The molecule has 3 rings (SSSR count). The molecule has 1 aliphatic carbocycles. The van der Waals surface area contributed by atoms with Crippen molar-refractivity contribution >= 4 is 18.4 Å². The van der Waals surface area contributed by atoms with Crippen molar-refractivity contribution < 1.29 is 14.3 Å². The molecule has 0 aromatic heterocycles. The molecule has 2 unspecified atom stereocenters. The van der Waals surface area contributed by atoms with E-state index in [-0.39, 0.29) is 11.2 Å². The maximum absolute atomic E-state index is 8.00. The zero-order chi connectivity index (χ0) is 20.3. The number of hydrogen-bond acceptors (Lipinski definition) is 3. The lowest BCUT2D eigenvalue weighted by molar-refractivity contribution is -0.0980. The fraction of sp³-hybridized carbons (Fsp3) is 0.696. The monoisotopic (exact) mass is 394 g/mol. The summed E-state index contributed by atoms with van der Waals surface area (Å²) in [5.74, 6) is 0.995. The highest BCUT2D eigenvalue weighted by Crippen LogP contribution is 2.51. The molecule has 152 valence electrons. The molecule has 2 atom stereocenters. The Kier molecular flexibility index (Phi) is 7.02. The summed E-state index contributed by atoms with van der Waals surface area (Å²) in [5, 5.41) is 0.784. The van der Waals surface area contributed by atoms with Crippen molar-refractivity contribution in [1.82, 2.24) is 0 Å². The van der Waals surface area contributed by atoms with Crippen LogP contribution in [0.1, 0.15) is 84.3 Å². The third-order valence-electron chi connectivity index (χ3n) is 6.17. The predicted octanol–water partition coefficient (Wildman–Crippen LogP) is 6.52. The predicted molar refractivity (Wildman–Crippen MR) is 112 cm³/mol. The van der Waals surface area contributed by atoms with E-state index in [0.717, 1.165) is 35.6 Å². The summed E-state index contributed by atoms with van der Waals surface area (Å²) in [7, 11) is 0. The van der Waals surface area contributed by atoms with Gasteiger partial charge in [-0.05, 0) is 69.1 Å². The van der Waals surface area contributed by atoms with Gasteiger partial charge in [0.1, 0.15) is 18.1 Å². The zero-order valence-electron chi connectivity index (χ0n) is 17.6. The number of halogens is 1. The van der Waals surface area contributed by atoms with Gasteiger partial charge < -0.3 is 14.3 Å². The van der Waals surface area contributed by atoms with Crippen molar-refractivity contribution in [3.05, 3.63) is 28.3 Å². The Morgan fingerprint density at radius 1 is 1.19 bits per heavy atom. The van der Waals surface area contributed by atoms with Crippen molar-refractivity contribution in [2.24, 2.45) is 5.41 Å². The van der Waals surface area contributed by atoms with Gasteiger partial charge in [-0.3, -0.25) is 0 Å². The fourth-order valence-corrected chi connectivity index (χ4v) is 5.17. The maximum atomic E-state index is 8.00. The lowest BCUT2D eigenvalue weighted by atomic mass is 9.82. The van der Waals surface area contributed by atoms with Crippen LogP contribution in [0.25, 0.3) is 0 Å². The van der Waals surface area contributed by atoms with Crippen LogP contribution in [-0.4, -0.2) is 18.0 Å². The normalized spacial score (nSPS) is 28.2. The summed E-state index contributed by atoms with van der Waals surface area (Å²) < 4.78 is 12.8. The molecule has 1 saturated carbocycles. The lowest BCUT2D eigenvalue weighted by Gasteiger charge is -2.32. The van der Waals surface area contributed by atoms with Crippen LogP contribution in [0.2, 0.25) is 5.02 Å². The Bertz CT molecular complexity index is 657. The molecule has 0 radical (unpaired) electrons. The van der Waals surface area contributed by atoms with E-state index in [1.54, 1.807) is 0 Å². The third kappa shape index (κ3) is 5.06. The van der Waals surface area contributed by atoms with E-state index in [4.69, 9.17) is 25.9 Å². The smallest absolute Gasteiger partial charge is 0.129 e. The second-order valence-electron chi connectivity index (χ2n) is 9.15. The second-order valence-corrected chi connectivity index (χ2v) is 9.59. The summed E-state index contributed by atoms with van der Waals surface area (Å²) in [6, 6.07) is 4.06. The van der Waals surface area contributed by atoms with Crippen molar-refractivity contribution in [3.8, 4) is 5.75 Å². The number of carbonyl (C=O) groups is 1. The Morgan fingerprint density at radius 3 is 2.52 bits per heavy atom. The minimum Gasteiger partial charge on any atom is -0.487 e. The van der Waals surface area contributed by atoms with Crippen molar-refractivity contribution in [2.75, 3.05) is 0 Å². The Balaban J connectivity index is 0.00000126. The number of carbonyl (C=O) groups excluding carboxylic acids is 1. The van der Waals surface area contributed by atoms with E-state index < -0.39 is 0 Å². The van der Waals surface area contributed by atoms with Crippen LogP contribution < -0.4 is 4.74 Å². The van der Waals surface area contributed by atoms with Crippen molar-refractivity contribution in [3.63, 3.8) is 0 Å². The van der Waals surface area contributed by atoms with Gasteiger partial charge in [-0.2, -0.15) is 0 Å². The summed E-state index contributed by atoms with van der Waals surface area (Å²) in [5.41, 5.74) is 2.60. The first-order valence-electron chi connectivity index (χ1n) is 10.1. The van der Waals surface area contributed by atoms with Gasteiger partial charge in [0.2, 0.25) is 0 Å².